The Labute approximate surface area is 162 Å². The van der Waals surface area contributed by atoms with Crippen LogP contribution in [0.25, 0.3) is 0 Å². The minimum absolute atomic E-state index is 0.0248. The maximum absolute atomic E-state index is 12.6. The van der Waals surface area contributed by atoms with Gasteiger partial charge in [-0.15, -0.1) is 0 Å². The molecule has 3 aromatic rings. The molecule has 0 aliphatic heterocycles. The normalized spacial score (nSPS) is 11.4. The van der Waals surface area contributed by atoms with Gasteiger partial charge in [0.25, 0.3) is 5.91 Å². The summed E-state index contributed by atoms with van der Waals surface area (Å²) in [7, 11) is 0. The first-order chi connectivity index (χ1) is 13.8. The van der Waals surface area contributed by atoms with Gasteiger partial charge in [-0.3, -0.25) is 19.0 Å². The zero-order valence-corrected chi connectivity index (χ0v) is 15.2. The Balaban J connectivity index is 1.67. The summed E-state index contributed by atoms with van der Waals surface area (Å²) in [5.41, 5.74) is -0.984. The van der Waals surface area contributed by atoms with Crippen LogP contribution in [0.2, 0.25) is 0 Å². The van der Waals surface area contributed by atoms with Crippen molar-refractivity contribution in [2.24, 2.45) is 0 Å². The summed E-state index contributed by atoms with van der Waals surface area (Å²) in [5.74, 6) is -0.655. The molecule has 3 aromatic heterocycles. The van der Waals surface area contributed by atoms with Gasteiger partial charge in [0.2, 0.25) is 5.91 Å². The summed E-state index contributed by atoms with van der Waals surface area (Å²) in [4.78, 5) is 24.6. The smallest absolute Gasteiger partial charge is 0.435 e. The molecule has 0 saturated heterocycles. The van der Waals surface area contributed by atoms with Crippen molar-refractivity contribution in [3.8, 4) is 0 Å². The number of carbonyl (C=O) groups excluding carboxylic acids is 2. The molecule has 0 bridgehead atoms. The first-order valence-electron chi connectivity index (χ1n) is 8.54. The molecular weight excluding hydrogens is 393 g/mol. The highest BCUT2D eigenvalue weighted by atomic mass is 19.4. The molecule has 2 amide bonds. The van der Waals surface area contributed by atoms with Gasteiger partial charge in [-0.05, 0) is 25.1 Å². The Morgan fingerprint density at radius 2 is 2.00 bits per heavy atom. The Hall–Kier alpha value is -3.57. The lowest BCUT2D eigenvalue weighted by atomic mass is 10.3. The molecule has 0 atom stereocenters. The second-order valence-electron chi connectivity index (χ2n) is 5.95. The van der Waals surface area contributed by atoms with E-state index in [0.717, 1.165) is 16.9 Å². The van der Waals surface area contributed by atoms with Gasteiger partial charge in [-0.25, -0.2) is 0 Å². The number of anilines is 1. The Morgan fingerprint density at radius 1 is 1.21 bits per heavy atom. The van der Waals surface area contributed by atoms with E-state index < -0.39 is 30.2 Å². The second kappa shape index (κ2) is 8.20. The lowest BCUT2D eigenvalue weighted by Crippen LogP contribution is -2.26. The number of carbonyl (C=O) groups is 2. The molecule has 29 heavy (non-hydrogen) atoms. The molecule has 0 radical (unpaired) electrons. The van der Waals surface area contributed by atoms with Crippen LogP contribution in [0, 0.1) is 0 Å². The number of hydrogen-bond acceptors (Lipinski definition) is 5. The van der Waals surface area contributed by atoms with Crippen LogP contribution in [0.1, 0.15) is 28.9 Å². The number of furan rings is 1. The number of alkyl halides is 3. The molecule has 154 valence electrons. The predicted octanol–water partition coefficient (Wildman–Crippen LogP) is 2.28. The molecule has 3 rings (SSSR count). The lowest BCUT2D eigenvalue weighted by Gasteiger charge is -2.06. The standard InChI is InChI=1S/C17H17F3N6O3/c1-2-25-9-12(15(24-25)16(28)21-8-11-4-3-7-29-11)22-14(27)10-26-6-5-13(23-26)17(18,19)20/h3-7,9H,2,8,10H2,1H3,(H,21,28)(H,22,27). The second-order valence-corrected chi connectivity index (χ2v) is 5.95. The molecule has 0 saturated carbocycles. The number of aryl methyl sites for hydroxylation is 1. The van der Waals surface area contributed by atoms with Crippen molar-refractivity contribution in [2.45, 2.75) is 32.7 Å². The molecule has 3 heterocycles. The third-order valence-electron chi connectivity index (χ3n) is 3.81. The van der Waals surface area contributed by atoms with Gasteiger partial charge in [0.1, 0.15) is 12.3 Å². The van der Waals surface area contributed by atoms with E-state index in [1.54, 1.807) is 19.1 Å². The zero-order valence-electron chi connectivity index (χ0n) is 15.2. The van der Waals surface area contributed by atoms with Gasteiger partial charge in [0.15, 0.2) is 11.4 Å². The summed E-state index contributed by atoms with van der Waals surface area (Å²) in [5, 5.41) is 12.5. The third kappa shape index (κ3) is 5.03. The van der Waals surface area contributed by atoms with Gasteiger partial charge < -0.3 is 15.1 Å². The van der Waals surface area contributed by atoms with Crippen LogP contribution in [-0.4, -0.2) is 31.4 Å². The summed E-state index contributed by atoms with van der Waals surface area (Å²) in [6.07, 6.45) is -0.611. The summed E-state index contributed by atoms with van der Waals surface area (Å²) < 4.78 is 45.3. The predicted molar refractivity (Wildman–Crippen MR) is 93.6 cm³/mol. The maximum Gasteiger partial charge on any atom is 0.435 e. The molecule has 2 N–H and O–H groups in total. The average molecular weight is 410 g/mol. The van der Waals surface area contributed by atoms with E-state index in [2.05, 4.69) is 20.8 Å². The molecule has 9 nitrogen and oxygen atoms in total. The van der Waals surface area contributed by atoms with Gasteiger partial charge >= 0.3 is 6.18 Å². The van der Waals surface area contributed by atoms with Crippen LogP contribution >= 0.6 is 0 Å². The van der Waals surface area contributed by atoms with Crippen LogP contribution < -0.4 is 10.6 Å². The number of aromatic nitrogens is 4. The highest BCUT2D eigenvalue weighted by Gasteiger charge is 2.33. The van der Waals surface area contributed by atoms with Crippen molar-refractivity contribution >= 4 is 17.5 Å². The maximum atomic E-state index is 12.6. The van der Waals surface area contributed by atoms with Crippen molar-refractivity contribution in [3.05, 3.63) is 54.0 Å². The third-order valence-corrected chi connectivity index (χ3v) is 3.81. The van der Waals surface area contributed by atoms with Crippen molar-refractivity contribution in [1.29, 1.82) is 0 Å². The Bertz CT molecular complexity index is 991. The number of nitrogens with one attached hydrogen (secondary N) is 2. The fourth-order valence-corrected chi connectivity index (χ4v) is 2.44. The van der Waals surface area contributed by atoms with E-state index in [1.165, 1.54) is 17.1 Å². The minimum atomic E-state index is -4.59. The topological polar surface area (TPSA) is 107 Å². The van der Waals surface area contributed by atoms with Crippen molar-refractivity contribution in [3.63, 3.8) is 0 Å². The SMILES string of the molecule is CCn1cc(NC(=O)Cn2ccc(C(F)(F)F)n2)c(C(=O)NCc2ccco2)n1. The quantitative estimate of drug-likeness (QED) is 0.622. The van der Waals surface area contributed by atoms with Gasteiger partial charge in [0, 0.05) is 18.9 Å². The number of rotatable bonds is 7. The van der Waals surface area contributed by atoms with Gasteiger partial charge in [0.05, 0.1) is 18.5 Å². The minimum Gasteiger partial charge on any atom is -0.467 e. The van der Waals surface area contributed by atoms with E-state index in [1.807, 2.05) is 0 Å². The number of hydrogen-bond donors (Lipinski definition) is 2. The van der Waals surface area contributed by atoms with E-state index >= 15 is 0 Å². The van der Waals surface area contributed by atoms with E-state index in [0.29, 0.717) is 12.3 Å². The van der Waals surface area contributed by atoms with Crippen LogP contribution in [-0.2, 0) is 30.6 Å². The van der Waals surface area contributed by atoms with E-state index in [9.17, 15) is 22.8 Å². The first-order valence-corrected chi connectivity index (χ1v) is 8.54. The number of amides is 2. The van der Waals surface area contributed by atoms with Crippen molar-refractivity contribution < 1.29 is 27.2 Å². The fourth-order valence-electron chi connectivity index (χ4n) is 2.44. The van der Waals surface area contributed by atoms with Crippen molar-refractivity contribution in [2.75, 3.05) is 5.32 Å². The van der Waals surface area contributed by atoms with Crippen LogP contribution in [0.15, 0.2) is 41.3 Å². The van der Waals surface area contributed by atoms with Gasteiger partial charge in [-0.2, -0.15) is 23.4 Å². The lowest BCUT2D eigenvalue weighted by molar-refractivity contribution is -0.141. The molecule has 12 heteroatoms. The van der Waals surface area contributed by atoms with E-state index in [-0.39, 0.29) is 17.9 Å². The van der Waals surface area contributed by atoms with Crippen molar-refractivity contribution in [1.82, 2.24) is 24.9 Å². The Kier molecular flexibility index (Phi) is 5.71. The zero-order chi connectivity index (χ0) is 21.0. The molecular formula is C17H17F3N6O3. The first kappa shape index (κ1) is 20.2. The van der Waals surface area contributed by atoms with Crippen LogP contribution in [0.5, 0.6) is 0 Å². The fraction of sp³-hybridized carbons (Fsp3) is 0.294. The molecule has 0 unspecified atom stereocenters. The van der Waals surface area contributed by atoms with E-state index in [4.69, 9.17) is 4.42 Å². The monoisotopic (exact) mass is 410 g/mol. The molecule has 0 aliphatic carbocycles. The molecule has 0 aliphatic rings. The average Bonchev–Trinajstić information content (AvgIpc) is 3.39. The molecule has 0 fully saturated rings. The number of nitrogens with zero attached hydrogens (tertiary/aromatic N) is 4. The van der Waals surface area contributed by atoms with Crippen LogP contribution in [0.3, 0.4) is 0 Å². The largest absolute Gasteiger partial charge is 0.467 e. The summed E-state index contributed by atoms with van der Waals surface area (Å²) >= 11 is 0. The van der Waals surface area contributed by atoms with Gasteiger partial charge in [-0.1, -0.05) is 0 Å². The molecule has 0 aromatic carbocycles. The highest BCUT2D eigenvalue weighted by molar-refractivity contribution is 6.02. The Morgan fingerprint density at radius 3 is 2.62 bits per heavy atom. The summed E-state index contributed by atoms with van der Waals surface area (Å²) in [6.45, 7) is 1.92. The summed E-state index contributed by atoms with van der Waals surface area (Å²) in [6, 6.07) is 4.14. The number of halogens is 3. The molecule has 0 spiro atoms. The van der Waals surface area contributed by atoms with Crippen LogP contribution in [0.4, 0.5) is 18.9 Å². The highest BCUT2D eigenvalue weighted by Crippen LogP contribution is 2.27.